The van der Waals surface area contributed by atoms with Crippen molar-refractivity contribution in [1.82, 2.24) is 0 Å². The molecule has 0 saturated heterocycles. The van der Waals surface area contributed by atoms with Crippen LogP contribution in [0.3, 0.4) is 0 Å². The Morgan fingerprint density at radius 3 is 2.25 bits per heavy atom. The molecular weight excluding hydrogens is 196 g/mol. The summed E-state index contributed by atoms with van der Waals surface area (Å²) >= 11 is 0. The molecular formula is C14H22N2. The van der Waals surface area contributed by atoms with Crippen molar-refractivity contribution in [1.29, 1.82) is 0 Å². The van der Waals surface area contributed by atoms with Crippen LogP contribution in [0.15, 0.2) is 29.3 Å². The van der Waals surface area contributed by atoms with E-state index in [0.29, 0.717) is 11.3 Å². The van der Waals surface area contributed by atoms with Crippen LogP contribution in [-0.4, -0.2) is 12.4 Å². The molecule has 0 bridgehead atoms. The van der Waals surface area contributed by atoms with Crippen molar-refractivity contribution in [2.24, 2.45) is 16.1 Å². The van der Waals surface area contributed by atoms with Crippen molar-refractivity contribution < 1.29 is 0 Å². The third-order valence-corrected chi connectivity index (χ3v) is 2.49. The molecule has 88 valence electrons. The van der Waals surface area contributed by atoms with Crippen LogP contribution in [0.4, 0.5) is 0 Å². The van der Waals surface area contributed by atoms with Gasteiger partial charge in [-0.05, 0) is 18.8 Å². The van der Waals surface area contributed by atoms with E-state index in [1.807, 2.05) is 12.1 Å². The zero-order valence-corrected chi connectivity index (χ0v) is 10.7. The van der Waals surface area contributed by atoms with Crippen LogP contribution in [0.1, 0.15) is 38.3 Å². The maximum Gasteiger partial charge on any atom is 0.125 e. The summed E-state index contributed by atoms with van der Waals surface area (Å²) in [4.78, 5) is 4.40. The van der Waals surface area contributed by atoms with Gasteiger partial charge in [0.1, 0.15) is 5.84 Å². The first-order valence-corrected chi connectivity index (χ1v) is 5.75. The summed E-state index contributed by atoms with van der Waals surface area (Å²) in [5.74, 6) is 0.643. The smallest absolute Gasteiger partial charge is 0.125 e. The van der Waals surface area contributed by atoms with Gasteiger partial charge in [-0.2, -0.15) is 0 Å². The lowest BCUT2D eigenvalue weighted by Gasteiger charge is -2.16. The Morgan fingerprint density at radius 2 is 1.75 bits per heavy atom. The average molecular weight is 218 g/mol. The molecule has 0 aliphatic rings. The fraction of sp³-hybridized carbons (Fsp3) is 0.500. The Balaban J connectivity index is 2.60. The second-order valence-electron chi connectivity index (χ2n) is 5.44. The third-order valence-electron chi connectivity index (χ3n) is 2.49. The van der Waals surface area contributed by atoms with Crippen LogP contribution in [-0.2, 0) is 0 Å². The third kappa shape index (κ3) is 4.47. The highest BCUT2D eigenvalue weighted by atomic mass is 14.8. The average Bonchev–Trinajstić information content (AvgIpc) is 2.16. The Labute approximate surface area is 98.6 Å². The Morgan fingerprint density at radius 1 is 1.19 bits per heavy atom. The second-order valence-corrected chi connectivity index (χ2v) is 5.44. The molecule has 0 unspecified atom stereocenters. The number of aliphatic imine (C=N–C) groups is 1. The van der Waals surface area contributed by atoms with E-state index in [0.717, 1.165) is 18.5 Å². The van der Waals surface area contributed by atoms with Crippen molar-refractivity contribution in [2.75, 3.05) is 6.54 Å². The summed E-state index contributed by atoms with van der Waals surface area (Å²) in [5.41, 5.74) is 8.50. The van der Waals surface area contributed by atoms with Crippen LogP contribution in [0.25, 0.3) is 0 Å². The molecule has 1 aromatic carbocycles. The van der Waals surface area contributed by atoms with Gasteiger partial charge in [0, 0.05) is 12.1 Å². The summed E-state index contributed by atoms with van der Waals surface area (Å²) in [5, 5.41) is 0. The standard InChI is InChI=1S/C14H22N2/c1-11-5-7-12(8-6-11)13(15)16-10-9-14(2,3)4/h5-8H,9-10H2,1-4H3,(H2,15,16). The molecule has 16 heavy (non-hydrogen) atoms. The number of nitrogens with two attached hydrogens (primary N) is 1. The van der Waals surface area contributed by atoms with Gasteiger partial charge in [0.15, 0.2) is 0 Å². The van der Waals surface area contributed by atoms with Gasteiger partial charge in [-0.15, -0.1) is 0 Å². The Hall–Kier alpha value is -1.31. The van der Waals surface area contributed by atoms with E-state index >= 15 is 0 Å². The van der Waals surface area contributed by atoms with Gasteiger partial charge >= 0.3 is 0 Å². The molecule has 2 N–H and O–H groups in total. The maximum atomic E-state index is 5.92. The highest BCUT2D eigenvalue weighted by molar-refractivity contribution is 5.97. The van der Waals surface area contributed by atoms with Crippen molar-refractivity contribution >= 4 is 5.84 Å². The van der Waals surface area contributed by atoms with E-state index in [1.165, 1.54) is 5.56 Å². The summed E-state index contributed by atoms with van der Waals surface area (Å²) in [6.45, 7) is 9.50. The predicted molar refractivity (Wildman–Crippen MR) is 70.8 cm³/mol. The van der Waals surface area contributed by atoms with Gasteiger partial charge in [0.05, 0.1) is 0 Å². The molecule has 0 aliphatic heterocycles. The number of hydrogen-bond donors (Lipinski definition) is 1. The first-order chi connectivity index (χ1) is 7.38. The summed E-state index contributed by atoms with van der Waals surface area (Å²) in [6, 6.07) is 8.15. The largest absolute Gasteiger partial charge is 0.384 e. The minimum absolute atomic E-state index is 0.317. The first-order valence-electron chi connectivity index (χ1n) is 5.75. The number of amidine groups is 1. The Bertz CT molecular complexity index is 355. The normalized spacial score (nSPS) is 12.9. The summed E-state index contributed by atoms with van der Waals surface area (Å²) in [6.07, 6.45) is 1.06. The zero-order chi connectivity index (χ0) is 12.2. The Kier molecular flexibility index (Phi) is 4.11. The molecule has 1 rings (SSSR count). The van der Waals surface area contributed by atoms with Crippen LogP contribution in [0.5, 0.6) is 0 Å². The van der Waals surface area contributed by atoms with Gasteiger partial charge in [0.2, 0.25) is 0 Å². The van der Waals surface area contributed by atoms with Gasteiger partial charge in [-0.1, -0.05) is 50.6 Å². The van der Waals surface area contributed by atoms with E-state index in [4.69, 9.17) is 5.73 Å². The number of hydrogen-bond acceptors (Lipinski definition) is 1. The molecule has 1 aromatic rings. The van der Waals surface area contributed by atoms with Crippen LogP contribution >= 0.6 is 0 Å². The van der Waals surface area contributed by atoms with E-state index in [9.17, 15) is 0 Å². The topological polar surface area (TPSA) is 38.4 Å². The quantitative estimate of drug-likeness (QED) is 0.614. The number of nitrogens with zero attached hydrogens (tertiary/aromatic N) is 1. The maximum absolute atomic E-state index is 5.92. The fourth-order valence-electron chi connectivity index (χ4n) is 1.33. The molecule has 2 nitrogen and oxygen atoms in total. The molecule has 0 aliphatic carbocycles. The van der Waals surface area contributed by atoms with Gasteiger partial charge in [-0.25, -0.2) is 0 Å². The molecule has 0 radical (unpaired) electrons. The monoisotopic (exact) mass is 218 g/mol. The highest BCUT2D eigenvalue weighted by Crippen LogP contribution is 2.18. The lowest BCUT2D eigenvalue weighted by molar-refractivity contribution is 0.385. The minimum Gasteiger partial charge on any atom is -0.384 e. The number of aryl methyl sites for hydroxylation is 1. The molecule has 0 saturated carbocycles. The lowest BCUT2D eigenvalue weighted by atomic mass is 9.92. The summed E-state index contributed by atoms with van der Waals surface area (Å²) < 4.78 is 0. The number of rotatable bonds is 3. The molecule has 0 aromatic heterocycles. The predicted octanol–water partition coefficient (Wildman–Crippen LogP) is 3.14. The molecule has 2 heteroatoms. The molecule has 0 spiro atoms. The van der Waals surface area contributed by atoms with E-state index in [-0.39, 0.29) is 0 Å². The van der Waals surface area contributed by atoms with Gasteiger partial charge in [0.25, 0.3) is 0 Å². The summed E-state index contributed by atoms with van der Waals surface area (Å²) in [7, 11) is 0. The fourth-order valence-corrected chi connectivity index (χ4v) is 1.33. The van der Waals surface area contributed by atoms with E-state index in [2.05, 4.69) is 44.8 Å². The van der Waals surface area contributed by atoms with Crippen LogP contribution in [0.2, 0.25) is 0 Å². The SMILES string of the molecule is Cc1ccc(C(N)=NCCC(C)(C)C)cc1. The van der Waals surface area contributed by atoms with Crippen molar-refractivity contribution in [2.45, 2.75) is 34.1 Å². The highest BCUT2D eigenvalue weighted by Gasteiger charge is 2.08. The van der Waals surface area contributed by atoms with E-state index in [1.54, 1.807) is 0 Å². The van der Waals surface area contributed by atoms with E-state index < -0.39 is 0 Å². The van der Waals surface area contributed by atoms with Crippen molar-refractivity contribution in [3.63, 3.8) is 0 Å². The minimum atomic E-state index is 0.317. The first kappa shape index (κ1) is 12.8. The lowest BCUT2D eigenvalue weighted by Crippen LogP contribution is -2.15. The molecule has 0 heterocycles. The van der Waals surface area contributed by atoms with Gasteiger partial charge < -0.3 is 5.73 Å². The second kappa shape index (κ2) is 5.15. The molecule has 0 atom stereocenters. The zero-order valence-electron chi connectivity index (χ0n) is 10.7. The molecule has 0 amide bonds. The molecule has 0 fully saturated rings. The van der Waals surface area contributed by atoms with Crippen LogP contribution in [0, 0.1) is 12.3 Å². The van der Waals surface area contributed by atoms with Crippen molar-refractivity contribution in [3.8, 4) is 0 Å². The number of benzene rings is 1. The van der Waals surface area contributed by atoms with Crippen LogP contribution < -0.4 is 5.73 Å². The van der Waals surface area contributed by atoms with Gasteiger partial charge in [-0.3, -0.25) is 4.99 Å². The van der Waals surface area contributed by atoms with Crippen molar-refractivity contribution in [3.05, 3.63) is 35.4 Å².